The van der Waals surface area contributed by atoms with E-state index < -0.39 is 11.8 Å². The molecule has 0 aromatic heterocycles. The van der Waals surface area contributed by atoms with Crippen LogP contribution in [-0.2, 0) is 27.2 Å². The monoisotopic (exact) mass is 447 g/mol. The zero-order chi connectivity index (χ0) is 22.8. The number of benzene rings is 2. The van der Waals surface area contributed by atoms with Gasteiger partial charge in [0.1, 0.15) is 0 Å². The normalized spacial score (nSPS) is 17.6. The topological polar surface area (TPSA) is 85.0 Å². The summed E-state index contributed by atoms with van der Waals surface area (Å²) in [7, 11) is 0. The Hall–Kier alpha value is -3.39. The molecule has 3 aliphatic rings. The van der Waals surface area contributed by atoms with Crippen molar-refractivity contribution in [1.82, 2.24) is 10.2 Å². The van der Waals surface area contributed by atoms with Gasteiger partial charge in [-0.05, 0) is 48.2 Å². The smallest absolute Gasteiger partial charge is 0.313 e. The predicted molar refractivity (Wildman–Crippen MR) is 128 cm³/mol. The fraction of sp³-hybridized carbons (Fsp3) is 0.400. The number of hydrogen-bond donors (Lipinski definition) is 2. The molecule has 0 radical (unpaired) electrons. The highest BCUT2D eigenvalue weighted by Gasteiger charge is 2.31. The van der Waals surface area contributed by atoms with Gasteiger partial charge in [-0.1, -0.05) is 18.2 Å². The number of nitrogens with one attached hydrogen (secondary N) is 2. The Morgan fingerprint density at radius 2 is 1.58 bits per heavy atom. The van der Waals surface area contributed by atoms with E-state index in [2.05, 4.69) is 44.7 Å². The molecular weight excluding hydrogens is 418 g/mol. The summed E-state index contributed by atoms with van der Waals surface area (Å²) in [5.74, 6) is -1.11. The number of nitrogens with zero attached hydrogens (tertiary/aromatic N) is 3. The number of piperazine rings is 1. The minimum Gasteiger partial charge on any atom is -0.369 e. The van der Waals surface area contributed by atoms with E-state index in [1.54, 1.807) is 0 Å². The van der Waals surface area contributed by atoms with Crippen molar-refractivity contribution in [3.8, 4) is 0 Å². The molecule has 33 heavy (non-hydrogen) atoms. The largest absolute Gasteiger partial charge is 0.369 e. The van der Waals surface area contributed by atoms with Crippen LogP contribution < -0.4 is 20.4 Å². The van der Waals surface area contributed by atoms with Gasteiger partial charge in [0.15, 0.2) is 0 Å². The summed E-state index contributed by atoms with van der Waals surface area (Å²) in [6.07, 6.45) is 1.94. The lowest BCUT2D eigenvalue weighted by molar-refractivity contribution is -0.136. The van der Waals surface area contributed by atoms with Crippen molar-refractivity contribution in [3.05, 3.63) is 53.6 Å². The molecule has 0 saturated carbocycles. The van der Waals surface area contributed by atoms with Gasteiger partial charge in [0.2, 0.25) is 5.91 Å². The van der Waals surface area contributed by atoms with Gasteiger partial charge < -0.3 is 20.4 Å². The van der Waals surface area contributed by atoms with Crippen molar-refractivity contribution in [1.29, 1.82) is 0 Å². The summed E-state index contributed by atoms with van der Waals surface area (Å²) in [5, 5.41) is 5.47. The maximum Gasteiger partial charge on any atom is 0.313 e. The quantitative estimate of drug-likeness (QED) is 0.677. The highest BCUT2D eigenvalue weighted by atomic mass is 16.2. The van der Waals surface area contributed by atoms with Crippen LogP contribution in [-0.4, -0.2) is 68.4 Å². The van der Waals surface area contributed by atoms with E-state index in [-0.39, 0.29) is 5.91 Å². The summed E-state index contributed by atoms with van der Waals surface area (Å²) in [4.78, 5) is 43.3. The number of aryl methyl sites for hydroxylation is 1. The molecule has 2 aromatic rings. The van der Waals surface area contributed by atoms with Crippen molar-refractivity contribution in [2.45, 2.75) is 19.3 Å². The second kappa shape index (κ2) is 9.23. The highest BCUT2D eigenvalue weighted by Crippen LogP contribution is 2.38. The third-order valence-corrected chi connectivity index (χ3v) is 6.72. The van der Waals surface area contributed by atoms with Crippen molar-refractivity contribution >= 4 is 34.8 Å². The summed E-state index contributed by atoms with van der Waals surface area (Å²) in [5.41, 5.74) is 4.99. The fourth-order valence-electron chi connectivity index (χ4n) is 4.99. The van der Waals surface area contributed by atoms with E-state index in [0.29, 0.717) is 38.2 Å². The Balaban J connectivity index is 1.08. The average Bonchev–Trinajstić information content (AvgIpc) is 3.27. The van der Waals surface area contributed by atoms with E-state index in [4.69, 9.17) is 0 Å². The minimum absolute atomic E-state index is 0.166. The van der Waals surface area contributed by atoms with Gasteiger partial charge in [-0.25, -0.2) is 0 Å². The number of hydrogen-bond acceptors (Lipinski definition) is 5. The van der Waals surface area contributed by atoms with Crippen LogP contribution in [0.25, 0.3) is 0 Å². The van der Waals surface area contributed by atoms with Gasteiger partial charge in [-0.15, -0.1) is 0 Å². The third kappa shape index (κ3) is 4.57. The first-order valence-electron chi connectivity index (χ1n) is 11.7. The van der Waals surface area contributed by atoms with Crippen LogP contribution in [0, 0.1) is 0 Å². The summed E-state index contributed by atoms with van der Waals surface area (Å²) in [6.45, 7) is 5.59. The zero-order valence-corrected chi connectivity index (χ0v) is 18.7. The average molecular weight is 448 g/mol. The molecular formula is C25H29N5O3. The van der Waals surface area contributed by atoms with E-state index in [0.717, 1.165) is 49.4 Å². The lowest BCUT2D eigenvalue weighted by Gasteiger charge is -2.36. The molecule has 0 unspecified atom stereocenters. The molecule has 0 spiro atoms. The Kier molecular flexibility index (Phi) is 6.00. The molecule has 0 aliphatic carbocycles. The molecule has 0 atom stereocenters. The number of para-hydroxylation sites is 1. The summed E-state index contributed by atoms with van der Waals surface area (Å²) < 4.78 is 0. The summed E-state index contributed by atoms with van der Waals surface area (Å²) >= 11 is 0. The molecule has 8 heteroatoms. The molecule has 3 aliphatic heterocycles. The molecule has 1 fully saturated rings. The van der Waals surface area contributed by atoms with Crippen LogP contribution in [0.5, 0.6) is 0 Å². The van der Waals surface area contributed by atoms with Gasteiger partial charge in [0.05, 0.1) is 5.69 Å². The first kappa shape index (κ1) is 21.5. The molecule has 5 rings (SSSR count). The van der Waals surface area contributed by atoms with Crippen LogP contribution in [0.2, 0.25) is 0 Å². The Morgan fingerprint density at radius 3 is 2.33 bits per heavy atom. The number of carbonyl (C=O) groups is 3. The Labute approximate surface area is 193 Å². The summed E-state index contributed by atoms with van der Waals surface area (Å²) in [6, 6.07) is 14.2. The van der Waals surface area contributed by atoms with E-state index in [9.17, 15) is 14.4 Å². The number of anilines is 3. The van der Waals surface area contributed by atoms with Crippen molar-refractivity contribution in [2.75, 3.05) is 60.9 Å². The SMILES string of the molecule is O=C(NCCN1CCN(c2ccccc2)CC1)C(=O)Nc1cc2c3c(c1)CCN3C(=O)CC2. The molecule has 3 heterocycles. The fourth-order valence-corrected chi connectivity index (χ4v) is 4.99. The van der Waals surface area contributed by atoms with Crippen molar-refractivity contribution < 1.29 is 14.4 Å². The number of carbonyl (C=O) groups excluding carboxylic acids is 3. The second-order valence-electron chi connectivity index (χ2n) is 8.81. The van der Waals surface area contributed by atoms with Crippen LogP contribution in [0.4, 0.5) is 17.1 Å². The highest BCUT2D eigenvalue weighted by molar-refractivity contribution is 6.39. The first-order valence-corrected chi connectivity index (χ1v) is 11.7. The molecule has 8 nitrogen and oxygen atoms in total. The molecule has 2 N–H and O–H groups in total. The number of rotatable bonds is 5. The lowest BCUT2D eigenvalue weighted by atomic mass is 9.98. The van der Waals surface area contributed by atoms with Gasteiger partial charge in [0, 0.05) is 63.6 Å². The van der Waals surface area contributed by atoms with Gasteiger partial charge in [-0.2, -0.15) is 0 Å². The standard InChI is InChI=1S/C25H29N5O3/c31-22-7-6-18-16-20(17-19-8-10-30(22)23(18)19)27-25(33)24(32)26-9-11-28-12-14-29(15-13-28)21-4-2-1-3-5-21/h1-5,16-17H,6-15H2,(H,26,32)(H,27,33). The predicted octanol–water partition coefficient (Wildman–Crippen LogP) is 1.40. The maximum absolute atomic E-state index is 12.4. The van der Waals surface area contributed by atoms with Crippen molar-refractivity contribution in [2.24, 2.45) is 0 Å². The lowest BCUT2D eigenvalue weighted by Crippen LogP contribution is -2.49. The van der Waals surface area contributed by atoms with Gasteiger partial charge >= 0.3 is 11.8 Å². The Morgan fingerprint density at radius 1 is 0.848 bits per heavy atom. The molecule has 172 valence electrons. The third-order valence-electron chi connectivity index (χ3n) is 6.72. The number of amides is 3. The van der Waals surface area contributed by atoms with Crippen LogP contribution in [0.1, 0.15) is 17.5 Å². The van der Waals surface area contributed by atoms with Crippen LogP contribution in [0.3, 0.4) is 0 Å². The van der Waals surface area contributed by atoms with Crippen LogP contribution >= 0.6 is 0 Å². The van der Waals surface area contributed by atoms with Gasteiger partial charge in [0.25, 0.3) is 0 Å². The molecule has 2 aromatic carbocycles. The Bertz CT molecular complexity index is 1060. The minimum atomic E-state index is -0.655. The van der Waals surface area contributed by atoms with E-state index in [1.807, 2.05) is 23.1 Å². The van der Waals surface area contributed by atoms with E-state index in [1.165, 1.54) is 5.69 Å². The van der Waals surface area contributed by atoms with Gasteiger partial charge in [-0.3, -0.25) is 19.3 Å². The zero-order valence-electron chi connectivity index (χ0n) is 18.7. The maximum atomic E-state index is 12.4. The van der Waals surface area contributed by atoms with E-state index >= 15 is 0 Å². The second-order valence-corrected chi connectivity index (χ2v) is 8.81. The first-order chi connectivity index (χ1) is 16.1. The molecule has 3 amide bonds. The van der Waals surface area contributed by atoms with Crippen molar-refractivity contribution in [3.63, 3.8) is 0 Å². The molecule has 1 saturated heterocycles. The van der Waals surface area contributed by atoms with Crippen LogP contribution in [0.15, 0.2) is 42.5 Å². The molecule has 0 bridgehead atoms.